The molecule has 208 valence electrons. The molecule has 1 aliphatic carbocycles. The van der Waals surface area contributed by atoms with Crippen LogP contribution in [-0.2, 0) is 14.8 Å². The summed E-state index contributed by atoms with van der Waals surface area (Å²) in [6.45, 7) is 0. The molecule has 0 aliphatic heterocycles. The Morgan fingerprint density at radius 3 is 2.30 bits per heavy atom. The third kappa shape index (κ3) is 4.94. The molecule has 5 rings (SSSR count). The van der Waals surface area contributed by atoms with Gasteiger partial charge in [-0.3, -0.25) is 4.79 Å². The fraction of sp³-hybridized carbons (Fsp3) is 0.259. The van der Waals surface area contributed by atoms with Crippen molar-refractivity contribution in [2.75, 3.05) is 7.05 Å². The number of aromatic nitrogens is 3. The molecule has 4 aromatic rings. The molecule has 0 atom stereocenters. The second-order valence-corrected chi connectivity index (χ2v) is 12.2. The number of carboxylic acids is 1. The highest BCUT2D eigenvalue weighted by atomic mass is 35.5. The first-order valence-corrected chi connectivity index (χ1v) is 14.7. The molecular weight excluding hydrogens is 577 g/mol. The minimum absolute atomic E-state index is 0.0663. The predicted octanol–water partition coefficient (Wildman–Crippen LogP) is 4.80. The molecule has 1 amide bonds. The van der Waals surface area contributed by atoms with E-state index in [1.54, 1.807) is 48.5 Å². The van der Waals surface area contributed by atoms with Crippen LogP contribution in [-0.4, -0.2) is 52.6 Å². The summed E-state index contributed by atoms with van der Waals surface area (Å²) in [7, 11) is -3.09. The molecule has 2 aromatic heterocycles. The third-order valence-electron chi connectivity index (χ3n) is 7.11. The Morgan fingerprint density at radius 2 is 1.68 bits per heavy atom. The zero-order chi connectivity index (χ0) is 28.7. The van der Waals surface area contributed by atoms with Gasteiger partial charge in [0.05, 0.1) is 5.69 Å². The Morgan fingerprint density at radius 1 is 1.00 bits per heavy atom. The summed E-state index contributed by atoms with van der Waals surface area (Å²) in [5, 5.41) is 17.3. The maximum absolute atomic E-state index is 13.8. The quantitative estimate of drug-likeness (QED) is 0.276. The molecule has 0 spiro atoms. The smallest absolute Gasteiger partial charge is 0.329 e. The van der Waals surface area contributed by atoms with Crippen LogP contribution in [0.15, 0.2) is 59.8 Å². The summed E-state index contributed by atoms with van der Waals surface area (Å²) >= 11 is 12.7. The maximum Gasteiger partial charge on any atom is 0.329 e. The number of amides is 1. The van der Waals surface area contributed by atoms with Gasteiger partial charge in [-0.05, 0) is 38.1 Å². The van der Waals surface area contributed by atoms with E-state index in [1.807, 2.05) is 0 Å². The number of sulfonamides is 1. The van der Waals surface area contributed by atoms with Gasteiger partial charge in [-0.1, -0.05) is 72.8 Å². The first-order valence-electron chi connectivity index (χ1n) is 12.5. The summed E-state index contributed by atoms with van der Waals surface area (Å²) in [6, 6.07) is 13.9. The largest absolute Gasteiger partial charge is 0.480 e. The molecule has 0 radical (unpaired) electrons. The Balaban J connectivity index is 1.81. The van der Waals surface area contributed by atoms with Crippen molar-refractivity contribution < 1.29 is 23.1 Å². The first-order chi connectivity index (χ1) is 19.1. The standard InChI is InChI=1S/C27H25Cl2N5O5S/c1-30-40(38,39)25-21(24(35)32-27(26(36)37)13-5-2-6-14-27)23-31-15-19(18-7-3-4-8-20(18)29)22(34(23)33-25)16-9-11-17(28)12-10-16/h3-4,7-12,15,30H,2,5-6,13-14H2,1H3,(H,32,35)(H,36,37). The molecule has 1 aliphatic rings. The van der Waals surface area contributed by atoms with Crippen molar-refractivity contribution in [3.63, 3.8) is 0 Å². The van der Waals surface area contributed by atoms with Gasteiger partial charge in [-0.25, -0.2) is 27.4 Å². The molecule has 2 aromatic carbocycles. The summed E-state index contributed by atoms with van der Waals surface area (Å²) in [4.78, 5) is 30.5. The van der Waals surface area contributed by atoms with Gasteiger partial charge < -0.3 is 10.4 Å². The number of carbonyl (C=O) groups excluding carboxylic acids is 1. The van der Waals surface area contributed by atoms with E-state index in [0.717, 1.165) is 6.42 Å². The van der Waals surface area contributed by atoms with E-state index in [9.17, 15) is 23.1 Å². The van der Waals surface area contributed by atoms with Crippen molar-refractivity contribution in [1.29, 1.82) is 0 Å². The van der Waals surface area contributed by atoms with Gasteiger partial charge in [0.2, 0.25) is 5.03 Å². The number of halogens is 2. The van der Waals surface area contributed by atoms with Crippen LogP contribution in [0.4, 0.5) is 0 Å². The Hall–Kier alpha value is -3.51. The number of carbonyl (C=O) groups is 2. The van der Waals surface area contributed by atoms with Crippen LogP contribution in [0.5, 0.6) is 0 Å². The SMILES string of the molecule is CNS(=O)(=O)c1nn2c(-c3ccc(Cl)cc3)c(-c3ccccc3Cl)cnc2c1C(=O)NC1(C(=O)O)CCCCC1. The van der Waals surface area contributed by atoms with Crippen LogP contribution in [0.25, 0.3) is 28.0 Å². The molecule has 40 heavy (non-hydrogen) atoms. The molecule has 2 heterocycles. The highest BCUT2D eigenvalue weighted by molar-refractivity contribution is 7.89. The molecule has 0 unspecified atom stereocenters. The summed E-state index contributed by atoms with van der Waals surface area (Å²) in [6.07, 6.45) is 4.01. The average Bonchev–Trinajstić information content (AvgIpc) is 3.35. The summed E-state index contributed by atoms with van der Waals surface area (Å²) in [5.74, 6) is -2.07. The number of hydrogen-bond donors (Lipinski definition) is 3. The third-order valence-corrected chi connectivity index (χ3v) is 9.03. The number of nitrogens with zero attached hydrogens (tertiary/aromatic N) is 3. The Bertz CT molecular complexity index is 1730. The minimum Gasteiger partial charge on any atom is -0.480 e. The number of rotatable bonds is 7. The minimum atomic E-state index is -4.29. The zero-order valence-corrected chi connectivity index (χ0v) is 23.6. The van der Waals surface area contributed by atoms with Crippen molar-refractivity contribution in [2.24, 2.45) is 0 Å². The lowest BCUT2D eigenvalue weighted by Crippen LogP contribution is -2.55. The number of fused-ring (bicyclic) bond motifs is 1. The van der Waals surface area contributed by atoms with Gasteiger partial charge in [0.25, 0.3) is 15.9 Å². The summed E-state index contributed by atoms with van der Waals surface area (Å²) in [5.41, 5.74) is 0.189. The number of benzene rings is 2. The van der Waals surface area contributed by atoms with E-state index < -0.39 is 32.5 Å². The molecule has 1 saturated carbocycles. The van der Waals surface area contributed by atoms with Crippen molar-refractivity contribution in [3.8, 4) is 22.4 Å². The fourth-order valence-corrected chi connectivity index (χ4v) is 6.24. The summed E-state index contributed by atoms with van der Waals surface area (Å²) < 4.78 is 29.8. The second kappa shape index (κ2) is 10.8. The van der Waals surface area contributed by atoms with Gasteiger partial charge in [0.15, 0.2) is 5.65 Å². The normalized spacial score (nSPS) is 15.2. The topological polar surface area (TPSA) is 143 Å². The van der Waals surface area contributed by atoms with Crippen LogP contribution in [0.3, 0.4) is 0 Å². The van der Waals surface area contributed by atoms with E-state index >= 15 is 0 Å². The zero-order valence-electron chi connectivity index (χ0n) is 21.3. The van der Waals surface area contributed by atoms with Crippen LogP contribution >= 0.6 is 23.2 Å². The van der Waals surface area contributed by atoms with Crippen LogP contribution in [0.1, 0.15) is 42.5 Å². The van der Waals surface area contributed by atoms with E-state index in [1.165, 1.54) is 17.8 Å². The van der Waals surface area contributed by atoms with Gasteiger partial charge in [-0.2, -0.15) is 5.10 Å². The number of aliphatic carboxylic acids is 1. The number of carboxylic acid groups (broad SMARTS) is 1. The molecule has 0 bridgehead atoms. The lowest BCUT2D eigenvalue weighted by Gasteiger charge is -2.33. The highest BCUT2D eigenvalue weighted by Crippen LogP contribution is 2.38. The number of nitrogens with one attached hydrogen (secondary N) is 2. The van der Waals surface area contributed by atoms with Crippen LogP contribution in [0, 0.1) is 0 Å². The van der Waals surface area contributed by atoms with Crippen LogP contribution in [0.2, 0.25) is 10.0 Å². The molecular formula is C27H25Cl2N5O5S. The molecule has 0 saturated heterocycles. The molecule has 3 N–H and O–H groups in total. The first kappa shape index (κ1) is 28.0. The van der Waals surface area contributed by atoms with E-state index in [0.29, 0.717) is 45.3 Å². The lowest BCUT2D eigenvalue weighted by molar-refractivity contribution is -0.145. The fourth-order valence-electron chi connectivity index (χ4n) is 5.04. The Labute approximate surface area is 240 Å². The highest BCUT2D eigenvalue weighted by Gasteiger charge is 2.43. The predicted molar refractivity (Wildman–Crippen MR) is 151 cm³/mol. The molecule has 1 fully saturated rings. The van der Waals surface area contributed by atoms with E-state index in [4.69, 9.17) is 23.2 Å². The van der Waals surface area contributed by atoms with Crippen molar-refractivity contribution >= 4 is 50.7 Å². The second-order valence-electron chi connectivity index (χ2n) is 9.53. The van der Waals surface area contributed by atoms with E-state index in [-0.39, 0.29) is 24.1 Å². The van der Waals surface area contributed by atoms with Gasteiger partial charge in [-0.15, -0.1) is 0 Å². The maximum atomic E-state index is 13.8. The van der Waals surface area contributed by atoms with Crippen molar-refractivity contribution in [3.05, 3.63) is 70.3 Å². The molecule has 10 nitrogen and oxygen atoms in total. The number of hydrogen-bond acceptors (Lipinski definition) is 6. The lowest BCUT2D eigenvalue weighted by atomic mass is 9.81. The molecule has 13 heteroatoms. The van der Waals surface area contributed by atoms with Crippen LogP contribution < -0.4 is 10.0 Å². The average molecular weight is 602 g/mol. The van der Waals surface area contributed by atoms with E-state index in [2.05, 4.69) is 20.1 Å². The van der Waals surface area contributed by atoms with Gasteiger partial charge in [0.1, 0.15) is 11.1 Å². The van der Waals surface area contributed by atoms with Crippen molar-refractivity contribution in [2.45, 2.75) is 42.7 Å². The van der Waals surface area contributed by atoms with Crippen molar-refractivity contribution in [1.82, 2.24) is 24.6 Å². The van der Waals surface area contributed by atoms with Gasteiger partial charge >= 0.3 is 5.97 Å². The Kier molecular flexibility index (Phi) is 7.58. The monoisotopic (exact) mass is 601 g/mol. The van der Waals surface area contributed by atoms with Gasteiger partial charge in [0, 0.05) is 32.9 Å².